The molecule has 3 aromatic rings. The predicted molar refractivity (Wildman–Crippen MR) is 169 cm³/mol. The van der Waals surface area contributed by atoms with E-state index in [1.807, 2.05) is 0 Å². The second-order valence-electron chi connectivity index (χ2n) is 11.2. The zero-order valence-electron chi connectivity index (χ0n) is 24.8. The molecule has 0 aliphatic heterocycles. The molecule has 0 spiro atoms. The van der Waals surface area contributed by atoms with E-state index in [1.54, 1.807) is 25.1 Å². The highest BCUT2D eigenvalue weighted by molar-refractivity contribution is 7.92. The summed E-state index contributed by atoms with van der Waals surface area (Å²) < 4.78 is 69.5. The zero-order valence-corrected chi connectivity index (χ0v) is 27.1. The van der Waals surface area contributed by atoms with E-state index in [2.05, 4.69) is 5.32 Å². The number of amides is 2. The number of benzene rings is 3. The Morgan fingerprint density at radius 2 is 1.62 bits per heavy atom. The fourth-order valence-corrected chi connectivity index (χ4v) is 6.92. The SMILES string of the molecule is Cc1ccc(S(=O)(=O)N(CC(=O)N(Cc2ccc(Cl)c(Cl)c2)C(C)C(=O)NC2CCCCC2)c2cccc(C(F)(F)F)c2)cc1. The van der Waals surface area contributed by atoms with E-state index in [0.717, 1.165) is 49.8 Å². The summed E-state index contributed by atoms with van der Waals surface area (Å²) in [7, 11) is -4.54. The summed E-state index contributed by atoms with van der Waals surface area (Å²) in [5, 5.41) is 3.49. The van der Waals surface area contributed by atoms with Gasteiger partial charge in [0.1, 0.15) is 12.6 Å². The monoisotopic (exact) mass is 683 g/mol. The number of alkyl halides is 3. The summed E-state index contributed by atoms with van der Waals surface area (Å²) in [5.74, 6) is -1.23. The van der Waals surface area contributed by atoms with Crippen molar-refractivity contribution in [3.8, 4) is 0 Å². The first-order chi connectivity index (χ1) is 21.2. The smallest absolute Gasteiger partial charge is 0.352 e. The van der Waals surface area contributed by atoms with Crippen LogP contribution in [0, 0.1) is 6.92 Å². The van der Waals surface area contributed by atoms with Crippen molar-refractivity contribution in [3.05, 3.63) is 93.5 Å². The number of rotatable bonds is 10. The van der Waals surface area contributed by atoms with Crippen molar-refractivity contribution in [1.82, 2.24) is 10.2 Å². The lowest BCUT2D eigenvalue weighted by molar-refractivity contribution is -0.139. The van der Waals surface area contributed by atoms with Crippen molar-refractivity contribution in [2.75, 3.05) is 10.8 Å². The molecule has 0 aromatic heterocycles. The minimum Gasteiger partial charge on any atom is -0.352 e. The van der Waals surface area contributed by atoms with Crippen LogP contribution in [0.4, 0.5) is 18.9 Å². The molecule has 0 bridgehead atoms. The van der Waals surface area contributed by atoms with Gasteiger partial charge in [0.2, 0.25) is 11.8 Å². The van der Waals surface area contributed by atoms with Crippen LogP contribution in [0.3, 0.4) is 0 Å². The maximum Gasteiger partial charge on any atom is 0.416 e. The number of carbonyl (C=O) groups is 2. The standard InChI is InChI=1S/C32H34Cl2F3N3O4S/c1-21-11-14-27(15-12-21)45(43,44)40(26-10-6-7-24(18-26)32(35,36)37)20-30(41)39(19-23-13-16-28(33)29(34)17-23)22(2)31(42)38-25-8-4-3-5-9-25/h6-7,10-18,22,25H,3-5,8-9,19-20H2,1-2H3,(H,38,42). The number of carbonyl (C=O) groups excluding carboxylic acids is 2. The summed E-state index contributed by atoms with van der Waals surface area (Å²) in [5.41, 5.74) is -0.152. The number of sulfonamides is 1. The first-order valence-electron chi connectivity index (χ1n) is 14.5. The normalized spacial score (nSPS) is 14.9. The van der Waals surface area contributed by atoms with Crippen LogP contribution in [0.15, 0.2) is 71.6 Å². The molecule has 0 saturated heterocycles. The minimum absolute atomic E-state index is 0.0563. The topological polar surface area (TPSA) is 86.8 Å². The maximum absolute atomic E-state index is 14.1. The molecular formula is C32H34Cl2F3N3O4S. The minimum atomic E-state index is -4.76. The largest absolute Gasteiger partial charge is 0.416 e. The van der Waals surface area contributed by atoms with Crippen LogP contribution in [0.25, 0.3) is 0 Å². The number of hydrogen-bond acceptors (Lipinski definition) is 4. The van der Waals surface area contributed by atoms with Gasteiger partial charge in [-0.3, -0.25) is 13.9 Å². The fraction of sp³-hybridized carbons (Fsp3) is 0.375. The highest BCUT2D eigenvalue weighted by Crippen LogP contribution is 2.33. The molecule has 1 fully saturated rings. The Bertz CT molecular complexity index is 1630. The van der Waals surface area contributed by atoms with Gasteiger partial charge >= 0.3 is 6.18 Å². The summed E-state index contributed by atoms with van der Waals surface area (Å²) in [6, 6.07) is 13.1. The molecule has 1 N–H and O–H groups in total. The molecule has 242 valence electrons. The van der Waals surface area contributed by atoms with Crippen molar-refractivity contribution in [3.63, 3.8) is 0 Å². The van der Waals surface area contributed by atoms with Crippen LogP contribution in [-0.4, -0.2) is 43.8 Å². The Morgan fingerprint density at radius 1 is 0.956 bits per heavy atom. The molecule has 13 heteroatoms. The summed E-state index contributed by atoms with van der Waals surface area (Å²) >= 11 is 12.3. The second kappa shape index (κ2) is 14.4. The van der Waals surface area contributed by atoms with Crippen LogP contribution in [-0.2, 0) is 32.3 Å². The van der Waals surface area contributed by atoms with Gasteiger partial charge in [-0.1, -0.05) is 72.3 Å². The Morgan fingerprint density at radius 3 is 2.24 bits per heavy atom. The molecule has 4 rings (SSSR count). The van der Waals surface area contributed by atoms with Crippen LogP contribution in [0.2, 0.25) is 10.0 Å². The Balaban J connectivity index is 1.74. The molecule has 1 aliphatic carbocycles. The van der Waals surface area contributed by atoms with Gasteiger partial charge in [0.25, 0.3) is 10.0 Å². The highest BCUT2D eigenvalue weighted by atomic mass is 35.5. The van der Waals surface area contributed by atoms with Gasteiger partial charge < -0.3 is 10.2 Å². The van der Waals surface area contributed by atoms with Crippen LogP contribution < -0.4 is 9.62 Å². The van der Waals surface area contributed by atoms with E-state index < -0.39 is 46.2 Å². The molecule has 0 heterocycles. The predicted octanol–water partition coefficient (Wildman–Crippen LogP) is 7.38. The Hall–Kier alpha value is -3.28. The van der Waals surface area contributed by atoms with E-state index in [9.17, 15) is 31.2 Å². The van der Waals surface area contributed by atoms with E-state index >= 15 is 0 Å². The first kappa shape index (κ1) is 34.6. The van der Waals surface area contributed by atoms with Crippen molar-refractivity contribution in [1.29, 1.82) is 0 Å². The van der Waals surface area contributed by atoms with Crippen molar-refractivity contribution in [2.45, 2.75) is 75.7 Å². The third-order valence-corrected chi connectivity index (χ3v) is 10.3. The number of anilines is 1. The Labute approximate surface area is 271 Å². The molecule has 45 heavy (non-hydrogen) atoms. The van der Waals surface area contributed by atoms with Gasteiger partial charge in [-0.2, -0.15) is 13.2 Å². The zero-order chi connectivity index (χ0) is 32.9. The highest BCUT2D eigenvalue weighted by Gasteiger charge is 2.35. The van der Waals surface area contributed by atoms with E-state index in [-0.39, 0.29) is 33.2 Å². The first-order valence-corrected chi connectivity index (χ1v) is 16.7. The third kappa shape index (κ3) is 8.71. The molecule has 1 aliphatic rings. The number of halogens is 5. The summed E-state index contributed by atoms with van der Waals surface area (Å²) in [6.45, 7) is 2.26. The third-order valence-electron chi connectivity index (χ3n) is 7.81. The second-order valence-corrected chi connectivity index (χ2v) is 13.8. The molecule has 1 unspecified atom stereocenters. The van der Waals surface area contributed by atoms with Gasteiger partial charge in [-0.05, 0) is 74.7 Å². The molecule has 2 amide bonds. The van der Waals surface area contributed by atoms with Gasteiger partial charge in [-0.15, -0.1) is 0 Å². The summed E-state index contributed by atoms with van der Waals surface area (Å²) in [6.07, 6.45) is -0.146. The number of hydrogen-bond donors (Lipinski definition) is 1. The average Bonchev–Trinajstić information content (AvgIpc) is 3.00. The van der Waals surface area contributed by atoms with Gasteiger partial charge in [0, 0.05) is 12.6 Å². The van der Waals surface area contributed by atoms with Crippen molar-refractivity contribution in [2.24, 2.45) is 0 Å². The lowest BCUT2D eigenvalue weighted by Crippen LogP contribution is -2.53. The van der Waals surface area contributed by atoms with Crippen LogP contribution in [0.5, 0.6) is 0 Å². The molecule has 1 atom stereocenters. The van der Waals surface area contributed by atoms with Gasteiger partial charge in [0.15, 0.2) is 0 Å². The molecule has 7 nitrogen and oxygen atoms in total. The lowest BCUT2D eigenvalue weighted by atomic mass is 9.95. The van der Waals surface area contributed by atoms with Crippen molar-refractivity contribution >= 4 is 50.7 Å². The van der Waals surface area contributed by atoms with E-state index in [1.165, 1.54) is 42.2 Å². The molecular weight excluding hydrogens is 650 g/mol. The molecule has 1 saturated carbocycles. The molecule has 3 aromatic carbocycles. The van der Waals surface area contributed by atoms with E-state index in [0.29, 0.717) is 15.9 Å². The van der Waals surface area contributed by atoms with Gasteiger partial charge in [-0.25, -0.2) is 8.42 Å². The number of nitrogens with one attached hydrogen (secondary N) is 1. The quantitative estimate of drug-likeness (QED) is 0.242. The Kier molecular flexibility index (Phi) is 11.1. The number of aryl methyl sites for hydroxylation is 1. The maximum atomic E-state index is 14.1. The summed E-state index contributed by atoms with van der Waals surface area (Å²) in [4.78, 5) is 28.5. The fourth-order valence-electron chi connectivity index (χ4n) is 5.19. The number of nitrogens with zero attached hydrogens (tertiary/aromatic N) is 2. The molecule has 0 radical (unpaired) electrons. The lowest BCUT2D eigenvalue weighted by Gasteiger charge is -2.33. The van der Waals surface area contributed by atoms with E-state index in [4.69, 9.17) is 23.2 Å². The van der Waals surface area contributed by atoms with Gasteiger partial charge in [0.05, 0.1) is 26.2 Å². The van der Waals surface area contributed by atoms with Crippen molar-refractivity contribution < 1.29 is 31.2 Å². The average molecular weight is 685 g/mol. The van der Waals surface area contributed by atoms with Crippen LogP contribution >= 0.6 is 23.2 Å². The van der Waals surface area contributed by atoms with Crippen LogP contribution in [0.1, 0.15) is 55.7 Å².